The predicted octanol–water partition coefficient (Wildman–Crippen LogP) is 4.18. The van der Waals surface area contributed by atoms with Gasteiger partial charge in [-0.25, -0.2) is 4.39 Å². The topological polar surface area (TPSA) is 99.2 Å². The minimum Gasteiger partial charge on any atom is -0.460 e. The summed E-state index contributed by atoms with van der Waals surface area (Å²) in [5, 5.41) is 7.58. The largest absolute Gasteiger partial charge is 0.460 e. The van der Waals surface area contributed by atoms with Gasteiger partial charge in [-0.15, -0.1) is 0 Å². The number of nitrogens with two attached hydrogens (primary N) is 1. The number of hydrogen-bond acceptors (Lipinski definition) is 5. The fraction of sp³-hybridized carbons (Fsp3) is 0.500. The highest BCUT2D eigenvalue weighted by Crippen LogP contribution is 2.38. The SMILES string of the molecule is CC1CC(C(=O)OC(C)(C)C)CCC1n1cc(C(N)=O)c(Nc2ccc(F)cc2)n1. The first-order chi connectivity index (χ1) is 14.0. The van der Waals surface area contributed by atoms with Crippen molar-refractivity contribution in [2.45, 2.75) is 58.6 Å². The maximum atomic E-state index is 13.1. The van der Waals surface area contributed by atoms with Crippen molar-refractivity contribution in [1.82, 2.24) is 9.78 Å². The smallest absolute Gasteiger partial charge is 0.309 e. The van der Waals surface area contributed by atoms with Crippen LogP contribution < -0.4 is 11.1 Å². The highest BCUT2D eigenvalue weighted by atomic mass is 19.1. The van der Waals surface area contributed by atoms with Crippen LogP contribution in [-0.4, -0.2) is 27.3 Å². The maximum absolute atomic E-state index is 13.1. The molecule has 30 heavy (non-hydrogen) atoms. The molecular formula is C22H29FN4O3. The fourth-order valence-corrected chi connectivity index (χ4v) is 3.88. The number of halogens is 1. The minimum absolute atomic E-state index is 0.0329. The van der Waals surface area contributed by atoms with Crippen molar-refractivity contribution < 1.29 is 18.7 Å². The maximum Gasteiger partial charge on any atom is 0.309 e. The average Bonchev–Trinajstić information content (AvgIpc) is 3.06. The van der Waals surface area contributed by atoms with Crippen LogP contribution in [0.3, 0.4) is 0 Å². The van der Waals surface area contributed by atoms with Gasteiger partial charge in [-0.2, -0.15) is 5.10 Å². The molecule has 1 aliphatic carbocycles. The molecular weight excluding hydrogens is 387 g/mol. The number of hydrogen-bond donors (Lipinski definition) is 2. The predicted molar refractivity (Wildman–Crippen MR) is 112 cm³/mol. The number of esters is 1. The number of rotatable bonds is 5. The van der Waals surface area contributed by atoms with Crippen LogP contribution in [0.1, 0.15) is 63.4 Å². The van der Waals surface area contributed by atoms with E-state index < -0.39 is 11.5 Å². The molecule has 8 heteroatoms. The third kappa shape index (κ3) is 5.17. The van der Waals surface area contributed by atoms with Gasteiger partial charge in [-0.1, -0.05) is 6.92 Å². The fourth-order valence-electron chi connectivity index (χ4n) is 3.88. The van der Waals surface area contributed by atoms with Gasteiger partial charge in [0.2, 0.25) is 0 Å². The van der Waals surface area contributed by atoms with Crippen LogP contribution >= 0.6 is 0 Å². The summed E-state index contributed by atoms with van der Waals surface area (Å²) in [4.78, 5) is 24.4. The van der Waals surface area contributed by atoms with Crippen LogP contribution in [0.2, 0.25) is 0 Å². The number of anilines is 2. The molecule has 1 aliphatic rings. The molecule has 3 N–H and O–H groups in total. The van der Waals surface area contributed by atoms with E-state index in [0.29, 0.717) is 24.3 Å². The molecule has 0 spiro atoms. The van der Waals surface area contributed by atoms with Crippen LogP contribution in [0.4, 0.5) is 15.9 Å². The second-order valence-electron chi connectivity index (χ2n) is 8.96. The average molecular weight is 416 g/mol. The van der Waals surface area contributed by atoms with E-state index in [4.69, 9.17) is 10.5 Å². The monoisotopic (exact) mass is 416 g/mol. The molecule has 0 bridgehead atoms. The molecule has 1 aromatic carbocycles. The van der Waals surface area contributed by atoms with Gasteiger partial charge in [0, 0.05) is 11.9 Å². The number of benzene rings is 1. The Labute approximate surface area is 175 Å². The quantitative estimate of drug-likeness (QED) is 0.712. The van der Waals surface area contributed by atoms with Gasteiger partial charge in [-0.05, 0) is 70.2 Å². The molecule has 1 amide bonds. The Balaban J connectivity index is 1.75. The molecule has 0 saturated heterocycles. The first-order valence-corrected chi connectivity index (χ1v) is 10.2. The van der Waals surface area contributed by atoms with Gasteiger partial charge in [0.15, 0.2) is 5.82 Å². The summed E-state index contributed by atoms with van der Waals surface area (Å²) >= 11 is 0. The van der Waals surface area contributed by atoms with E-state index in [1.54, 1.807) is 23.0 Å². The Morgan fingerprint density at radius 1 is 1.23 bits per heavy atom. The second kappa shape index (κ2) is 8.45. The highest BCUT2D eigenvalue weighted by Gasteiger charge is 2.35. The van der Waals surface area contributed by atoms with Crippen LogP contribution in [0, 0.1) is 17.7 Å². The molecule has 1 saturated carbocycles. The lowest BCUT2D eigenvalue weighted by molar-refractivity contribution is -0.162. The third-order valence-corrected chi connectivity index (χ3v) is 5.31. The second-order valence-corrected chi connectivity index (χ2v) is 8.96. The lowest BCUT2D eigenvalue weighted by Crippen LogP contribution is -2.34. The molecule has 3 unspecified atom stereocenters. The van der Waals surface area contributed by atoms with Crippen LogP contribution in [0.5, 0.6) is 0 Å². The highest BCUT2D eigenvalue weighted by molar-refractivity contribution is 5.98. The molecule has 3 atom stereocenters. The lowest BCUT2D eigenvalue weighted by Gasteiger charge is -2.34. The Kier molecular flexibility index (Phi) is 6.14. The van der Waals surface area contributed by atoms with E-state index in [2.05, 4.69) is 17.3 Å². The van der Waals surface area contributed by atoms with Gasteiger partial charge in [0.1, 0.15) is 17.0 Å². The number of carbonyl (C=O) groups excluding carboxylic acids is 2. The van der Waals surface area contributed by atoms with E-state index in [1.807, 2.05) is 20.8 Å². The molecule has 1 aromatic heterocycles. The summed E-state index contributed by atoms with van der Waals surface area (Å²) in [5.41, 5.74) is 5.90. The third-order valence-electron chi connectivity index (χ3n) is 5.31. The summed E-state index contributed by atoms with van der Waals surface area (Å²) in [6.45, 7) is 7.67. The number of aromatic nitrogens is 2. The van der Waals surface area contributed by atoms with Crippen molar-refractivity contribution in [2.24, 2.45) is 17.6 Å². The number of carbonyl (C=O) groups is 2. The molecule has 2 aromatic rings. The first kappa shape index (κ1) is 21.8. The van der Waals surface area contributed by atoms with E-state index in [9.17, 15) is 14.0 Å². The van der Waals surface area contributed by atoms with Crippen molar-refractivity contribution in [2.75, 3.05) is 5.32 Å². The normalized spacial score (nSPS) is 21.8. The number of primary amides is 1. The zero-order valence-corrected chi connectivity index (χ0v) is 17.8. The summed E-state index contributed by atoms with van der Waals surface area (Å²) in [5.74, 6) is -0.757. The number of amides is 1. The van der Waals surface area contributed by atoms with Crippen LogP contribution in [-0.2, 0) is 9.53 Å². The van der Waals surface area contributed by atoms with Crippen LogP contribution in [0.15, 0.2) is 30.5 Å². The van der Waals surface area contributed by atoms with Crippen molar-refractivity contribution in [3.63, 3.8) is 0 Å². The Morgan fingerprint density at radius 2 is 1.90 bits per heavy atom. The van der Waals surface area contributed by atoms with Gasteiger partial charge < -0.3 is 15.8 Å². The summed E-state index contributed by atoms with van der Waals surface area (Å²) in [7, 11) is 0. The van der Waals surface area contributed by atoms with E-state index in [1.165, 1.54) is 12.1 Å². The zero-order valence-electron chi connectivity index (χ0n) is 17.8. The van der Waals surface area contributed by atoms with Crippen molar-refractivity contribution in [3.8, 4) is 0 Å². The van der Waals surface area contributed by atoms with Crippen molar-refractivity contribution >= 4 is 23.4 Å². The minimum atomic E-state index is -0.596. The summed E-state index contributed by atoms with van der Waals surface area (Å²) in [6.07, 6.45) is 3.76. The summed E-state index contributed by atoms with van der Waals surface area (Å²) in [6, 6.07) is 5.80. The molecule has 162 valence electrons. The zero-order chi connectivity index (χ0) is 22.1. The van der Waals surface area contributed by atoms with Gasteiger partial charge in [0.25, 0.3) is 5.91 Å². The lowest BCUT2D eigenvalue weighted by atomic mass is 9.79. The van der Waals surface area contributed by atoms with Gasteiger partial charge in [-0.3, -0.25) is 14.3 Å². The Bertz CT molecular complexity index is 917. The van der Waals surface area contributed by atoms with Crippen molar-refractivity contribution in [1.29, 1.82) is 0 Å². The molecule has 0 aliphatic heterocycles. The van der Waals surface area contributed by atoms with Gasteiger partial charge in [0.05, 0.1) is 12.0 Å². The standard InChI is InChI=1S/C22H29FN4O3/c1-13-11-14(21(29)30-22(2,3)4)5-10-18(13)27-12-17(19(24)28)20(26-27)25-16-8-6-15(23)7-9-16/h6-9,12-14,18H,5,10-11H2,1-4H3,(H2,24,28)(H,25,26). The van der Waals surface area contributed by atoms with Crippen molar-refractivity contribution in [3.05, 3.63) is 41.8 Å². The Morgan fingerprint density at radius 3 is 2.47 bits per heavy atom. The van der Waals surface area contributed by atoms with Gasteiger partial charge >= 0.3 is 5.97 Å². The van der Waals surface area contributed by atoms with E-state index in [0.717, 1.165) is 6.42 Å². The number of nitrogens with one attached hydrogen (secondary N) is 1. The van der Waals surface area contributed by atoms with E-state index in [-0.39, 0.29) is 35.2 Å². The molecule has 1 heterocycles. The molecule has 7 nitrogen and oxygen atoms in total. The molecule has 3 rings (SSSR count). The number of nitrogens with zero attached hydrogens (tertiary/aromatic N) is 2. The van der Waals surface area contributed by atoms with E-state index >= 15 is 0 Å². The summed E-state index contributed by atoms with van der Waals surface area (Å²) < 4.78 is 20.4. The number of ether oxygens (including phenoxy) is 1. The van der Waals surface area contributed by atoms with Crippen LogP contribution in [0.25, 0.3) is 0 Å². The molecule has 1 fully saturated rings. The Hall–Kier alpha value is -2.90. The first-order valence-electron chi connectivity index (χ1n) is 10.2. The molecule has 0 radical (unpaired) electrons.